The molecule has 162 valence electrons. The van der Waals surface area contributed by atoms with Crippen LogP contribution >= 0.6 is 0 Å². The molecule has 1 fully saturated rings. The zero-order chi connectivity index (χ0) is 21.8. The van der Waals surface area contributed by atoms with E-state index in [0.29, 0.717) is 30.3 Å². The number of hydrogen-bond donors (Lipinski definition) is 1. The minimum atomic E-state index is -0.102. The predicted octanol–water partition coefficient (Wildman–Crippen LogP) is 3.55. The number of fused-ring (bicyclic) bond motifs is 1. The summed E-state index contributed by atoms with van der Waals surface area (Å²) in [5.74, 6) is 0.248. The van der Waals surface area contributed by atoms with Crippen molar-refractivity contribution in [3.63, 3.8) is 0 Å². The second-order valence-electron chi connectivity index (χ2n) is 8.64. The van der Waals surface area contributed by atoms with Gasteiger partial charge in [-0.3, -0.25) is 9.59 Å². The molecule has 6 heteroatoms. The van der Waals surface area contributed by atoms with Gasteiger partial charge >= 0.3 is 0 Å². The molecular weight excluding hydrogens is 388 g/mol. The average molecular weight is 419 g/mol. The molecule has 1 saturated heterocycles. The van der Waals surface area contributed by atoms with Crippen molar-refractivity contribution in [2.75, 3.05) is 26.2 Å². The Morgan fingerprint density at radius 3 is 2.48 bits per heavy atom. The number of para-hydroxylation sites is 2. The van der Waals surface area contributed by atoms with Gasteiger partial charge in [-0.25, -0.2) is 4.98 Å². The number of likely N-dealkylation sites (tertiary alicyclic amines) is 1. The molecular formula is C25H30N4O2. The third-order valence-electron chi connectivity index (χ3n) is 5.73. The zero-order valence-electron chi connectivity index (χ0n) is 18.3. The molecule has 3 aromatic rings. The van der Waals surface area contributed by atoms with E-state index in [2.05, 4.69) is 29.0 Å². The van der Waals surface area contributed by atoms with E-state index in [1.54, 1.807) is 16.7 Å². The monoisotopic (exact) mass is 418 g/mol. The normalized spacial score (nSPS) is 14.4. The van der Waals surface area contributed by atoms with Gasteiger partial charge in [0.2, 0.25) is 0 Å². The lowest BCUT2D eigenvalue weighted by Crippen LogP contribution is -2.33. The summed E-state index contributed by atoms with van der Waals surface area (Å²) in [6.07, 6.45) is 2.49. The molecule has 6 nitrogen and oxygen atoms in total. The van der Waals surface area contributed by atoms with Crippen LogP contribution in [0, 0.1) is 5.92 Å². The Labute approximate surface area is 182 Å². The third kappa shape index (κ3) is 4.85. The van der Waals surface area contributed by atoms with E-state index in [1.807, 2.05) is 36.4 Å². The van der Waals surface area contributed by atoms with Gasteiger partial charge < -0.3 is 14.8 Å². The number of amides is 1. The first-order valence-electron chi connectivity index (χ1n) is 11.1. The van der Waals surface area contributed by atoms with Gasteiger partial charge in [0.15, 0.2) is 0 Å². The maximum atomic E-state index is 13.2. The number of benzene rings is 2. The van der Waals surface area contributed by atoms with Crippen molar-refractivity contribution < 1.29 is 4.79 Å². The first kappa shape index (κ1) is 21.2. The third-order valence-corrected chi connectivity index (χ3v) is 5.73. The van der Waals surface area contributed by atoms with E-state index >= 15 is 0 Å². The van der Waals surface area contributed by atoms with E-state index in [0.717, 1.165) is 36.2 Å². The molecule has 1 aliphatic rings. The van der Waals surface area contributed by atoms with Crippen molar-refractivity contribution in [3.8, 4) is 11.3 Å². The number of carbonyl (C=O) groups excluding carboxylic acids is 1. The molecule has 0 spiro atoms. The minimum Gasteiger partial charge on any atom is -0.351 e. The fourth-order valence-corrected chi connectivity index (χ4v) is 4.14. The Morgan fingerprint density at radius 1 is 1.06 bits per heavy atom. The van der Waals surface area contributed by atoms with Gasteiger partial charge in [0.25, 0.3) is 11.5 Å². The fraction of sp³-hybridized carbons (Fsp3) is 0.400. The van der Waals surface area contributed by atoms with Crippen LogP contribution in [0.1, 0.15) is 37.0 Å². The molecule has 0 radical (unpaired) electrons. The van der Waals surface area contributed by atoms with Crippen LogP contribution in [-0.4, -0.2) is 46.5 Å². The van der Waals surface area contributed by atoms with Gasteiger partial charge in [0, 0.05) is 30.8 Å². The molecule has 0 unspecified atom stereocenters. The summed E-state index contributed by atoms with van der Waals surface area (Å²) < 4.78 is 1.81. The lowest BCUT2D eigenvalue weighted by molar-refractivity contribution is 0.0950. The van der Waals surface area contributed by atoms with Crippen LogP contribution in [0.15, 0.2) is 53.3 Å². The number of hydrogen-bond acceptors (Lipinski definition) is 4. The highest BCUT2D eigenvalue weighted by Crippen LogP contribution is 2.19. The SMILES string of the molecule is CC(C)Cn1c(=O)c(-c2ccc(C(=O)NCCN3CCCC3)cc2)nc2ccccc21. The Hall–Kier alpha value is -2.99. The van der Waals surface area contributed by atoms with Crippen molar-refractivity contribution in [1.29, 1.82) is 0 Å². The molecule has 2 aromatic carbocycles. The Bertz CT molecular complexity index is 1110. The smallest absolute Gasteiger partial charge is 0.277 e. The van der Waals surface area contributed by atoms with E-state index in [1.165, 1.54) is 12.8 Å². The Balaban J connectivity index is 1.55. The highest BCUT2D eigenvalue weighted by Gasteiger charge is 2.15. The second-order valence-corrected chi connectivity index (χ2v) is 8.64. The summed E-state index contributed by atoms with van der Waals surface area (Å²) in [5, 5.41) is 2.99. The van der Waals surface area contributed by atoms with E-state index < -0.39 is 0 Å². The summed E-state index contributed by atoms with van der Waals surface area (Å²) in [6.45, 7) is 8.60. The first-order chi connectivity index (χ1) is 15.0. The van der Waals surface area contributed by atoms with Crippen molar-refractivity contribution in [1.82, 2.24) is 19.8 Å². The van der Waals surface area contributed by atoms with Crippen LogP contribution in [-0.2, 0) is 6.54 Å². The van der Waals surface area contributed by atoms with Gasteiger partial charge in [0.05, 0.1) is 11.0 Å². The topological polar surface area (TPSA) is 67.2 Å². The largest absolute Gasteiger partial charge is 0.351 e. The van der Waals surface area contributed by atoms with Crippen LogP contribution in [0.4, 0.5) is 0 Å². The molecule has 1 amide bonds. The molecule has 1 N–H and O–H groups in total. The van der Waals surface area contributed by atoms with Crippen molar-refractivity contribution in [3.05, 3.63) is 64.4 Å². The van der Waals surface area contributed by atoms with Gasteiger partial charge in [-0.2, -0.15) is 0 Å². The summed E-state index contributed by atoms with van der Waals surface area (Å²) in [5.41, 5.74) is 3.27. The fourth-order valence-electron chi connectivity index (χ4n) is 4.14. The predicted molar refractivity (Wildman–Crippen MR) is 124 cm³/mol. The summed E-state index contributed by atoms with van der Waals surface area (Å²) in [6, 6.07) is 14.9. The second kappa shape index (κ2) is 9.43. The number of nitrogens with one attached hydrogen (secondary N) is 1. The molecule has 2 heterocycles. The van der Waals surface area contributed by atoms with Gasteiger partial charge in [0.1, 0.15) is 5.69 Å². The lowest BCUT2D eigenvalue weighted by atomic mass is 10.1. The minimum absolute atomic E-state index is 0.0885. The van der Waals surface area contributed by atoms with Gasteiger partial charge in [-0.1, -0.05) is 38.1 Å². The standard InChI is InChI=1S/C25H30N4O2/c1-18(2)17-29-22-8-4-3-7-21(22)27-23(25(29)31)19-9-11-20(12-10-19)24(30)26-13-16-28-14-5-6-15-28/h3-4,7-12,18H,5-6,13-17H2,1-2H3,(H,26,30). The van der Waals surface area contributed by atoms with Crippen molar-refractivity contribution in [2.24, 2.45) is 5.92 Å². The number of rotatable bonds is 7. The van der Waals surface area contributed by atoms with Gasteiger partial charge in [-0.05, 0) is 56.1 Å². The molecule has 0 atom stereocenters. The summed E-state index contributed by atoms with van der Waals surface area (Å²) in [4.78, 5) is 32.7. The lowest BCUT2D eigenvalue weighted by Gasteiger charge is -2.15. The van der Waals surface area contributed by atoms with E-state index in [-0.39, 0.29) is 11.5 Å². The zero-order valence-corrected chi connectivity index (χ0v) is 18.3. The van der Waals surface area contributed by atoms with E-state index in [4.69, 9.17) is 0 Å². The number of carbonyl (C=O) groups is 1. The van der Waals surface area contributed by atoms with Crippen molar-refractivity contribution >= 4 is 16.9 Å². The Kier molecular flexibility index (Phi) is 6.47. The maximum Gasteiger partial charge on any atom is 0.277 e. The van der Waals surface area contributed by atoms with Crippen LogP contribution in [0.25, 0.3) is 22.3 Å². The number of aromatic nitrogens is 2. The maximum absolute atomic E-state index is 13.2. The molecule has 1 aliphatic heterocycles. The molecule has 31 heavy (non-hydrogen) atoms. The van der Waals surface area contributed by atoms with Gasteiger partial charge in [-0.15, -0.1) is 0 Å². The molecule has 4 rings (SSSR count). The quantitative estimate of drug-likeness (QED) is 0.637. The first-order valence-corrected chi connectivity index (χ1v) is 11.1. The van der Waals surface area contributed by atoms with Crippen LogP contribution < -0.4 is 10.9 Å². The average Bonchev–Trinajstić information content (AvgIpc) is 3.29. The molecule has 0 aliphatic carbocycles. The highest BCUT2D eigenvalue weighted by atomic mass is 16.1. The molecule has 0 saturated carbocycles. The summed E-state index contributed by atoms with van der Waals surface area (Å²) >= 11 is 0. The molecule has 0 bridgehead atoms. The highest BCUT2D eigenvalue weighted by molar-refractivity contribution is 5.94. The van der Waals surface area contributed by atoms with Crippen LogP contribution in [0.3, 0.4) is 0 Å². The number of nitrogens with zero attached hydrogens (tertiary/aromatic N) is 3. The van der Waals surface area contributed by atoms with E-state index in [9.17, 15) is 9.59 Å². The molecule has 1 aromatic heterocycles. The van der Waals surface area contributed by atoms with Crippen LogP contribution in [0.2, 0.25) is 0 Å². The Morgan fingerprint density at radius 2 is 1.77 bits per heavy atom. The van der Waals surface area contributed by atoms with Crippen LogP contribution in [0.5, 0.6) is 0 Å². The summed E-state index contributed by atoms with van der Waals surface area (Å²) in [7, 11) is 0. The van der Waals surface area contributed by atoms with Crippen molar-refractivity contribution in [2.45, 2.75) is 33.2 Å².